The molecule has 296 valence electrons. The molecule has 0 bridgehead atoms. The Morgan fingerprint density at radius 1 is 0.434 bits per heavy atom. The van der Waals surface area contributed by atoms with Crippen LogP contribution in [-0.4, -0.2) is 38.4 Å². The number of carbonyl (C=O) groups is 2. The van der Waals surface area contributed by atoms with Crippen LogP contribution < -0.4 is 9.47 Å². The lowest BCUT2D eigenvalue weighted by atomic mass is 9.78. The molecule has 0 N–H and O–H groups in total. The second kappa shape index (κ2) is 28.0. The number of esters is 2. The van der Waals surface area contributed by atoms with E-state index in [1.54, 1.807) is 13.8 Å². The summed E-state index contributed by atoms with van der Waals surface area (Å²) >= 11 is 0. The van der Waals surface area contributed by atoms with Crippen molar-refractivity contribution in [2.24, 2.45) is 0 Å². The first kappa shape index (κ1) is 45.6. The van der Waals surface area contributed by atoms with Crippen LogP contribution in [0.2, 0.25) is 0 Å². The molecule has 0 saturated heterocycles. The SMILES string of the molecule is C=C(C)C(=O)OCCCCCCCCCCCCOc1ccc(C(C)(C)c2ccc(OCCCCCCCCCCCCOC(=O)C(=C)C)cc2)cc1. The van der Waals surface area contributed by atoms with Crippen molar-refractivity contribution in [3.63, 3.8) is 0 Å². The standard InChI is InChI=1S/C47H72O6/c1-39(2)45(48)52-37-25-21-17-13-9-7-11-15-19-23-35-50-43-31-27-41(28-32-43)47(5,6)42-29-33-44(34-30-42)51-36-24-20-16-12-8-10-14-18-22-26-38-53-46(49)40(3)4/h27-34H,1,3,7-26,35-38H2,2,4-6H3. The number of ether oxygens (including phenoxy) is 4. The lowest BCUT2D eigenvalue weighted by Crippen LogP contribution is -2.18. The molecule has 0 spiro atoms. The van der Waals surface area contributed by atoms with Crippen LogP contribution in [0.3, 0.4) is 0 Å². The predicted octanol–water partition coefficient (Wildman–Crippen LogP) is 12.8. The maximum Gasteiger partial charge on any atom is 0.333 e. The second-order valence-corrected chi connectivity index (χ2v) is 15.3. The van der Waals surface area contributed by atoms with Crippen LogP contribution in [0.15, 0.2) is 72.8 Å². The van der Waals surface area contributed by atoms with Gasteiger partial charge in [0.05, 0.1) is 26.4 Å². The molecule has 0 aromatic heterocycles. The Hall–Kier alpha value is -3.54. The van der Waals surface area contributed by atoms with E-state index in [1.807, 2.05) is 0 Å². The van der Waals surface area contributed by atoms with Gasteiger partial charge in [-0.15, -0.1) is 0 Å². The summed E-state index contributed by atoms with van der Waals surface area (Å²) in [6, 6.07) is 17.2. The van der Waals surface area contributed by atoms with Crippen LogP contribution in [0.5, 0.6) is 11.5 Å². The lowest BCUT2D eigenvalue weighted by Gasteiger charge is -2.26. The van der Waals surface area contributed by atoms with Crippen molar-refractivity contribution in [1.82, 2.24) is 0 Å². The fourth-order valence-corrected chi connectivity index (χ4v) is 6.30. The molecule has 2 aromatic rings. The molecule has 0 radical (unpaired) electrons. The van der Waals surface area contributed by atoms with Crippen molar-refractivity contribution >= 4 is 11.9 Å². The number of carbonyl (C=O) groups excluding carboxylic acids is 2. The number of unbranched alkanes of at least 4 members (excludes halogenated alkanes) is 18. The number of benzene rings is 2. The molecular weight excluding hydrogens is 661 g/mol. The minimum absolute atomic E-state index is 0.115. The van der Waals surface area contributed by atoms with Gasteiger partial charge in [0.25, 0.3) is 0 Å². The lowest BCUT2D eigenvalue weighted by molar-refractivity contribution is -0.139. The molecule has 2 rings (SSSR count). The topological polar surface area (TPSA) is 71.1 Å². The predicted molar refractivity (Wildman–Crippen MR) is 220 cm³/mol. The zero-order chi connectivity index (χ0) is 38.6. The van der Waals surface area contributed by atoms with Crippen LogP contribution in [0.25, 0.3) is 0 Å². The van der Waals surface area contributed by atoms with Gasteiger partial charge in [-0.25, -0.2) is 9.59 Å². The molecule has 0 aliphatic rings. The van der Waals surface area contributed by atoms with Gasteiger partial charge in [-0.3, -0.25) is 0 Å². The minimum atomic E-state index is -0.278. The van der Waals surface area contributed by atoms with E-state index in [2.05, 4.69) is 75.5 Å². The molecule has 0 aliphatic heterocycles. The summed E-state index contributed by atoms with van der Waals surface area (Å²) in [6.07, 6.45) is 23.9. The van der Waals surface area contributed by atoms with E-state index in [9.17, 15) is 9.59 Å². The third-order valence-corrected chi connectivity index (χ3v) is 9.93. The summed E-state index contributed by atoms with van der Waals surface area (Å²) < 4.78 is 22.4. The van der Waals surface area contributed by atoms with Gasteiger partial charge in [-0.05, 0) is 74.9 Å². The first-order valence-corrected chi connectivity index (χ1v) is 20.7. The molecule has 6 nitrogen and oxygen atoms in total. The van der Waals surface area contributed by atoms with Crippen molar-refractivity contribution in [2.75, 3.05) is 26.4 Å². The van der Waals surface area contributed by atoms with Gasteiger partial charge in [0.1, 0.15) is 11.5 Å². The van der Waals surface area contributed by atoms with E-state index in [-0.39, 0.29) is 17.4 Å². The average molecular weight is 733 g/mol. The van der Waals surface area contributed by atoms with Crippen LogP contribution >= 0.6 is 0 Å². The van der Waals surface area contributed by atoms with Crippen molar-refractivity contribution in [1.29, 1.82) is 0 Å². The summed E-state index contributed by atoms with van der Waals surface area (Å²) in [5, 5.41) is 0. The highest BCUT2D eigenvalue weighted by Crippen LogP contribution is 2.33. The van der Waals surface area contributed by atoms with Gasteiger partial charge in [0.2, 0.25) is 0 Å². The number of hydrogen-bond acceptors (Lipinski definition) is 6. The highest BCUT2D eigenvalue weighted by atomic mass is 16.5. The largest absolute Gasteiger partial charge is 0.494 e. The Morgan fingerprint density at radius 2 is 0.679 bits per heavy atom. The number of hydrogen-bond donors (Lipinski definition) is 0. The Bertz CT molecular complexity index is 1190. The Kier molecular flexibility index (Phi) is 24.1. The molecule has 6 heteroatoms. The van der Waals surface area contributed by atoms with E-state index < -0.39 is 0 Å². The summed E-state index contributed by atoms with van der Waals surface area (Å²) in [7, 11) is 0. The van der Waals surface area contributed by atoms with Gasteiger partial charge in [0.15, 0.2) is 0 Å². The third kappa shape index (κ3) is 21.1. The van der Waals surface area contributed by atoms with Crippen LogP contribution in [0.1, 0.15) is 167 Å². The van der Waals surface area contributed by atoms with Gasteiger partial charge < -0.3 is 18.9 Å². The van der Waals surface area contributed by atoms with Crippen molar-refractivity contribution in [3.05, 3.63) is 84.0 Å². The van der Waals surface area contributed by atoms with Gasteiger partial charge in [-0.1, -0.05) is 154 Å². The molecule has 0 unspecified atom stereocenters. The second-order valence-electron chi connectivity index (χ2n) is 15.3. The Morgan fingerprint density at radius 3 is 0.943 bits per heavy atom. The molecular formula is C47H72O6. The monoisotopic (exact) mass is 733 g/mol. The molecule has 0 atom stereocenters. The average Bonchev–Trinajstić information content (AvgIpc) is 3.15. The van der Waals surface area contributed by atoms with Crippen molar-refractivity contribution < 1.29 is 28.5 Å². The van der Waals surface area contributed by atoms with Gasteiger partial charge in [-0.2, -0.15) is 0 Å². The quantitative estimate of drug-likeness (QED) is 0.0424. The van der Waals surface area contributed by atoms with Gasteiger partial charge >= 0.3 is 11.9 Å². The summed E-state index contributed by atoms with van der Waals surface area (Å²) in [5.74, 6) is 1.32. The first-order chi connectivity index (χ1) is 25.6. The highest BCUT2D eigenvalue weighted by Gasteiger charge is 2.23. The van der Waals surface area contributed by atoms with Crippen LogP contribution in [0.4, 0.5) is 0 Å². The Balaban J connectivity index is 1.48. The zero-order valence-corrected chi connectivity index (χ0v) is 34.0. The first-order valence-electron chi connectivity index (χ1n) is 20.7. The smallest absolute Gasteiger partial charge is 0.333 e. The van der Waals surface area contributed by atoms with E-state index in [0.29, 0.717) is 24.4 Å². The summed E-state index contributed by atoms with van der Waals surface area (Å²) in [6.45, 7) is 17.7. The molecule has 0 heterocycles. The zero-order valence-electron chi connectivity index (χ0n) is 34.0. The van der Waals surface area contributed by atoms with E-state index >= 15 is 0 Å². The molecule has 0 aliphatic carbocycles. The number of rotatable bonds is 32. The normalized spacial score (nSPS) is 11.2. The molecule has 2 aromatic carbocycles. The Labute approximate surface area is 323 Å². The minimum Gasteiger partial charge on any atom is -0.494 e. The summed E-state index contributed by atoms with van der Waals surface area (Å²) in [5.41, 5.74) is 3.36. The van der Waals surface area contributed by atoms with E-state index in [4.69, 9.17) is 18.9 Å². The van der Waals surface area contributed by atoms with Gasteiger partial charge in [0, 0.05) is 16.6 Å². The highest BCUT2D eigenvalue weighted by molar-refractivity contribution is 5.87. The van der Waals surface area contributed by atoms with Crippen LogP contribution in [-0.2, 0) is 24.5 Å². The van der Waals surface area contributed by atoms with Crippen LogP contribution in [0, 0.1) is 0 Å². The van der Waals surface area contributed by atoms with Crippen molar-refractivity contribution in [3.8, 4) is 11.5 Å². The molecule has 0 amide bonds. The molecule has 0 fully saturated rings. The van der Waals surface area contributed by atoms with E-state index in [0.717, 1.165) is 63.2 Å². The summed E-state index contributed by atoms with van der Waals surface area (Å²) in [4.78, 5) is 22.7. The fourth-order valence-electron chi connectivity index (χ4n) is 6.30. The molecule has 0 saturated carbocycles. The van der Waals surface area contributed by atoms with Crippen molar-refractivity contribution in [2.45, 2.75) is 162 Å². The fraction of sp³-hybridized carbons (Fsp3) is 0.617. The van der Waals surface area contributed by atoms with E-state index in [1.165, 1.54) is 101 Å². The maximum atomic E-state index is 11.4. The third-order valence-electron chi connectivity index (χ3n) is 9.93. The maximum absolute atomic E-state index is 11.4. The molecule has 53 heavy (non-hydrogen) atoms.